The number of carbonyl (C=O) groups excluding carboxylic acids is 1. The Morgan fingerprint density at radius 3 is 2.62 bits per heavy atom. The predicted octanol–water partition coefficient (Wildman–Crippen LogP) is 2.10. The first-order valence-electron chi connectivity index (χ1n) is 4.07. The maximum Gasteiger partial charge on any atom is 0.156 e. The van der Waals surface area contributed by atoms with E-state index in [4.69, 9.17) is 12.2 Å². The molecule has 0 saturated carbocycles. The topological polar surface area (TPSA) is 20.3 Å². The Bertz CT molecular complexity index is 212. The summed E-state index contributed by atoms with van der Waals surface area (Å²) in [6, 6.07) is 0. The van der Waals surface area contributed by atoms with Crippen LogP contribution in [0, 0.1) is 0 Å². The van der Waals surface area contributed by atoms with Gasteiger partial charge in [-0.1, -0.05) is 30.1 Å². The van der Waals surface area contributed by atoms with Gasteiger partial charge in [-0.15, -0.1) is 0 Å². The van der Waals surface area contributed by atoms with Gasteiger partial charge in [0.1, 0.15) is 4.32 Å². The largest absolute Gasteiger partial charge is 0.364 e. The van der Waals surface area contributed by atoms with Crippen molar-refractivity contribution in [2.75, 3.05) is 19.8 Å². The highest BCUT2D eigenvalue weighted by atomic mass is 32.2. The zero-order valence-corrected chi connectivity index (χ0v) is 9.87. The molecule has 0 bridgehead atoms. The summed E-state index contributed by atoms with van der Waals surface area (Å²) in [7, 11) is 3.81. The lowest BCUT2D eigenvalue weighted by atomic mass is 10.3. The van der Waals surface area contributed by atoms with E-state index in [0.717, 1.165) is 10.1 Å². The van der Waals surface area contributed by atoms with Crippen LogP contribution >= 0.6 is 24.0 Å². The fourth-order valence-electron chi connectivity index (χ4n) is 0.637. The summed E-state index contributed by atoms with van der Waals surface area (Å²) in [6.07, 6.45) is 3.92. The van der Waals surface area contributed by atoms with Gasteiger partial charge in [-0.25, -0.2) is 0 Å². The van der Waals surface area contributed by atoms with Crippen molar-refractivity contribution in [3.8, 4) is 0 Å². The van der Waals surface area contributed by atoms with E-state index in [1.54, 1.807) is 23.9 Å². The number of nitrogens with zero attached hydrogens (tertiary/aromatic N) is 1. The molecule has 0 atom stereocenters. The van der Waals surface area contributed by atoms with Crippen LogP contribution in [0.3, 0.4) is 0 Å². The van der Waals surface area contributed by atoms with E-state index < -0.39 is 0 Å². The first-order valence-corrected chi connectivity index (χ1v) is 5.47. The Hall–Kier alpha value is -0.350. The number of ketones is 1. The molecule has 0 radical (unpaired) electrons. The average molecular weight is 217 g/mol. The first-order chi connectivity index (χ1) is 6.07. The van der Waals surface area contributed by atoms with E-state index in [9.17, 15) is 4.79 Å². The van der Waals surface area contributed by atoms with Gasteiger partial charge in [-0.05, 0) is 13.0 Å². The summed E-state index contributed by atoms with van der Waals surface area (Å²) < 4.78 is 0.827. The van der Waals surface area contributed by atoms with Crippen LogP contribution < -0.4 is 0 Å². The molecule has 0 fully saturated rings. The summed E-state index contributed by atoms with van der Waals surface area (Å²) in [4.78, 5) is 12.9. The predicted molar refractivity (Wildman–Crippen MR) is 63.2 cm³/mol. The molecular formula is C9H15NOS2. The molecule has 0 aromatic heterocycles. The molecule has 0 heterocycles. The van der Waals surface area contributed by atoms with Gasteiger partial charge in [0.15, 0.2) is 5.78 Å². The Balaban J connectivity index is 3.56. The second-order valence-electron chi connectivity index (χ2n) is 2.73. The third-order valence-corrected chi connectivity index (χ3v) is 3.03. The van der Waals surface area contributed by atoms with Crippen molar-refractivity contribution in [1.82, 2.24) is 4.90 Å². The molecule has 0 aliphatic carbocycles. The van der Waals surface area contributed by atoms with E-state index in [2.05, 4.69) is 0 Å². The van der Waals surface area contributed by atoms with E-state index in [1.165, 1.54) is 0 Å². The average Bonchev–Trinajstić information content (AvgIpc) is 2.04. The molecule has 0 aliphatic heterocycles. The van der Waals surface area contributed by atoms with Crippen molar-refractivity contribution >= 4 is 34.1 Å². The van der Waals surface area contributed by atoms with Crippen molar-refractivity contribution in [3.05, 3.63) is 12.2 Å². The van der Waals surface area contributed by atoms with Crippen LogP contribution in [-0.2, 0) is 4.79 Å². The van der Waals surface area contributed by atoms with Crippen LogP contribution in [0.2, 0.25) is 0 Å². The molecule has 0 N–H and O–H groups in total. The second kappa shape index (κ2) is 7.09. The van der Waals surface area contributed by atoms with Gasteiger partial charge in [-0.2, -0.15) is 0 Å². The highest BCUT2D eigenvalue weighted by Crippen LogP contribution is 2.08. The van der Waals surface area contributed by atoms with E-state index in [0.29, 0.717) is 6.42 Å². The molecule has 13 heavy (non-hydrogen) atoms. The van der Waals surface area contributed by atoms with Crippen molar-refractivity contribution in [2.24, 2.45) is 0 Å². The molecule has 0 rings (SSSR count). The maximum atomic E-state index is 11.0. The number of hydrogen-bond acceptors (Lipinski definition) is 3. The second-order valence-corrected chi connectivity index (χ2v) is 4.45. The number of carbonyl (C=O) groups is 1. The monoisotopic (exact) mass is 217 g/mol. The normalized spacial score (nSPS) is 10.4. The minimum atomic E-state index is 0.163. The Morgan fingerprint density at radius 2 is 2.15 bits per heavy atom. The SMILES string of the molecule is CC=CC(=O)CCSC(=S)N(C)C. The lowest BCUT2D eigenvalue weighted by molar-refractivity contribution is -0.114. The number of hydrogen-bond donors (Lipinski definition) is 0. The third kappa shape index (κ3) is 6.78. The third-order valence-electron chi connectivity index (χ3n) is 1.29. The van der Waals surface area contributed by atoms with E-state index >= 15 is 0 Å². The van der Waals surface area contributed by atoms with Crippen LogP contribution in [0.1, 0.15) is 13.3 Å². The highest BCUT2D eigenvalue weighted by Gasteiger charge is 2.01. The molecule has 74 valence electrons. The van der Waals surface area contributed by atoms with Crippen LogP contribution in [0.5, 0.6) is 0 Å². The van der Waals surface area contributed by atoms with Crippen LogP contribution in [-0.4, -0.2) is 34.9 Å². The number of thioether (sulfide) groups is 1. The Morgan fingerprint density at radius 1 is 1.54 bits per heavy atom. The molecule has 0 spiro atoms. The molecule has 0 amide bonds. The lowest BCUT2D eigenvalue weighted by Crippen LogP contribution is -2.16. The molecule has 0 aromatic rings. The summed E-state index contributed by atoms with van der Waals surface area (Å²) in [5, 5.41) is 0. The van der Waals surface area contributed by atoms with E-state index in [1.807, 2.05) is 25.9 Å². The summed E-state index contributed by atoms with van der Waals surface area (Å²) in [5.41, 5.74) is 0. The standard InChI is InChI=1S/C9H15NOS2/c1-4-5-8(11)6-7-13-9(12)10(2)3/h4-5H,6-7H2,1-3H3. The van der Waals surface area contributed by atoms with Crippen molar-refractivity contribution in [1.29, 1.82) is 0 Å². The number of rotatable bonds is 4. The number of thiocarbonyl (C=S) groups is 1. The van der Waals surface area contributed by atoms with E-state index in [-0.39, 0.29) is 5.78 Å². The van der Waals surface area contributed by atoms with Gasteiger partial charge in [0, 0.05) is 26.3 Å². The van der Waals surface area contributed by atoms with Gasteiger partial charge in [0.05, 0.1) is 0 Å². The van der Waals surface area contributed by atoms with Gasteiger partial charge in [-0.3, -0.25) is 4.79 Å². The smallest absolute Gasteiger partial charge is 0.156 e. The first kappa shape index (κ1) is 12.7. The fraction of sp³-hybridized carbons (Fsp3) is 0.556. The van der Waals surface area contributed by atoms with Gasteiger partial charge in [0.25, 0.3) is 0 Å². The van der Waals surface area contributed by atoms with Crippen molar-refractivity contribution in [3.63, 3.8) is 0 Å². The van der Waals surface area contributed by atoms with Crippen molar-refractivity contribution < 1.29 is 4.79 Å². The molecule has 0 unspecified atom stereocenters. The molecule has 0 aliphatic rings. The lowest BCUT2D eigenvalue weighted by Gasteiger charge is -2.11. The molecule has 4 heteroatoms. The molecular weight excluding hydrogens is 202 g/mol. The Labute approximate surface area is 89.4 Å². The Kier molecular flexibility index (Phi) is 6.90. The fourth-order valence-corrected chi connectivity index (χ4v) is 1.62. The summed E-state index contributed by atoms with van der Waals surface area (Å²) >= 11 is 6.60. The summed E-state index contributed by atoms with van der Waals surface area (Å²) in [5.74, 6) is 0.928. The van der Waals surface area contributed by atoms with Crippen LogP contribution in [0.4, 0.5) is 0 Å². The zero-order valence-electron chi connectivity index (χ0n) is 8.24. The highest BCUT2D eigenvalue weighted by molar-refractivity contribution is 8.22. The van der Waals surface area contributed by atoms with Crippen molar-refractivity contribution in [2.45, 2.75) is 13.3 Å². The summed E-state index contributed by atoms with van der Waals surface area (Å²) in [6.45, 7) is 1.84. The van der Waals surface area contributed by atoms with Crippen LogP contribution in [0.25, 0.3) is 0 Å². The van der Waals surface area contributed by atoms with Gasteiger partial charge < -0.3 is 4.90 Å². The number of allylic oxidation sites excluding steroid dienone is 2. The van der Waals surface area contributed by atoms with Crippen LogP contribution in [0.15, 0.2) is 12.2 Å². The van der Waals surface area contributed by atoms with Gasteiger partial charge in [0.2, 0.25) is 0 Å². The zero-order chi connectivity index (χ0) is 10.3. The minimum Gasteiger partial charge on any atom is -0.364 e. The maximum absolute atomic E-state index is 11.0. The molecule has 0 aromatic carbocycles. The molecule has 2 nitrogen and oxygen atoms in total. The molecule has 0 saturated heterocycles. The minimum absolute atomic E-state index is 0.163. The van der Waals surface area contributed by atoms with Gasteiger partial charge >= 0.3 is 0 Å². The quantitative estimate of drug-likeness (QED) is 0.530.